The van der Waals surface area contributed by atoms with Gasteiger partial charge in [-0.25, -0.2) is 0 Å². The molecule has 1 amide bonds. The molecule has 2 unspecified atom stereocenters. The third-order valence-corrected chi connectivity index (χ3v) is 5.50. The predicted molar refractivity (Wildman–Crippen MR) is 94.3 cm³/mol. The van der Waals surface area contributed by atoms with Gasteiger partial charge in [-0.05, 0) is 12.0 Å². The highest BCUT2D eigenvalue weighted by Gasteiger charge is 2.49. The van der Waals surface area contributed by atoms with Gasteiger partial charge in [-0.15, -0.1) is 0 Å². The molecule has 0 aliphatic carbocycles. The molecule has 2 fully saturated rings. The second-order valence-corrected chi connectivity index (χ2v) is 7.40. The first-order valence-electron chi connectivity index (χ1n) is 8.22. The summed E-state index contributed by atoms with van der Waals surface area (Å²) in [6.07, 6.45) is 1.58. The monoisotopic (exact) mass is 406 g/mol. The summed E-state index contributed by atoms with van der Waals surface area (Å²) in [5, 5.41) is 13.5. The zero-order chi connectivity index (χ0) is 17.4. The van der Waals surface area contributed by atoms with Crippen LogP contribution < -0.4 is 5.32 Å². The molecule has 132 valence electrons. The lowest BCUT2D eigenvalue weighted by Gasteiger charge is -2.47. The maximum Gasteiger partial charge on any atom is 0.271 e. The Labute approximate surface area is 154 Å². The number of hydrogen-bond acceptors (Lipinski definition) is 5. The third kappa shape index (κ3) is 2.86. The van der Waals surface area contributed by atoms with Crippen molar-refractivity contribution in [2.24, 2.45) is 0 Å². The molecule has 3 aliphatic heterocycles. The summed E-state index contributed by atoms with van der Waals surface area (Å²) >= 11 is 3.42. The Kier molecular flexibility index (Phi) is 4.31. The van der Waals surface area contributed by atoms with Crippen molar-refractivity contribution >= 4 is 21.8 Å². The third-order valence-electron chi connectivity index (χ3n) is 4.86. The van der Waals surface area contributed by atoms with Crippen LogP contribution >= 0.6 is 15.9 Å². The van der Waals surface area contributed by atoms with Crippen LogP contribution in [0.2, 0.25) is 0 Å². The molecule has 2 saturated heterocycles. The molecule has 0 radical (unpaired) electrons. The van der Waals surface area contributed by atoms with Crippen molar-refractivity contribution in [1.82, 2.24) is 10.2 Å². The van der Waals surface area contributed by atoms with E-state index in [0.29, 0.717) is 29.9 Å². The maximum atomic E-state index is 12.6. The van der Waals surface area contributed by atoms with Crippen molar-refractivity contribution in [3.63, 3.8) is 0 Å². The number of carbonyl (C=O) groups excluding carboxylic acids is 1. The van der Waals surface area contributed by atoms with Gasteiger partial charge in [0.15, 0.2) is 5.76 Å². The minimum atomic E-state index is -1.00. The number of aliphatic hydroxyl groups excluding tert-OH is 1. The highest BCUT2D eigenvalue weighted by molar-refractivity contribution is 9.11. The van der Waals surface area contributed by atoms with Gasteiger partial charge in [0.25, 0.3) is 5.91 Å². The number of amides is 1. The molecule has 1 aromatic rings. The molecule has 3 aliphatic rings. The van der Waals surface area contributed by atoms with Crippen LogP contribution in [-0.2, 0) is 20.9 Å². The molecule has 4 rings (SSSR count). The van der Waals surface area contributed by atoms with Gasteiger partial charge in [-0.1, -0.05) is 46.3 Å². The molecule has 6 nitrogen and oxygen atoms in total. The normalized spacial score (nSPS) is 28.7. The van der Waals surface area contributed by atoms with Crippen LogP contribution in [0.5, 0.6) is 0 Å². The van der Waals surface area contributed by atoms with E-state index in [1.54, 1.807) is 6.20 Å². The van der Waals surface area contributed by atoms with Crippen LogP contribution in [-0.4, -0.2) is 47.3 Å². The molecule has 25 heavy (non-hydrogen) atoms. The molecule has 7 heteroatoms. The van der Waals surface area contributed by atoms with E-state index in [4.69, 9.17) is 9.47 Å². The Bertz CT molecular complexity index is 741. The number of rotatable bonds is 3. The smallest absolute Gasteiger partial charge is 0.271 e. The van der Waals surface area contributed by atoms with Crippen LogP contribution in [0.3, 0.4) is 0 Å². The summed E-state index contributed by atoms with van der Waals surface area (Å²) in [4.78, 5) is 14.5. The molecule has 3 heterocycles. The summed E-state index contributed by atoms with van der Waals surface area (Å²) in [6, 6.07) is 9.66. The summed E-state index contributed by atoms with van der Waals surface area (Å²) in [5.41, 5.74) is 1.00. The van der Waals surface area contributed by atoms with E-state index in [1.807, 2.05) is 35.2 Å². The highest BCUT2D eigenvalue weighted by atomic mass is 79.9. The Balaban J connectivity index is 1.69. The topological polar surface area (TPSA) is 71.0 Å². The van der Waals surface area contributed by atoms with Gasteiger partial charge in [0.1, 0.15) is 18.4 Å². The van der Waals surface area contributed by atoms with E-state index in [2.05, 4.69) is 21.2 Å². The summed E-state index contributed by atoms with van der Waals surface area (Å²) in [7, 11) is 0. The summed E-state index contributed by atoms with van der Waals surface area (Å²) in [6.45, 7) is 1.96. The lowest BCUT2D eigenvalue weighted by Crippen LogP contribution is -2.62. The molecule has 1 aromatic carbocycles. The zero-order valence-corrected chi connectivity index (χ0v) is 15.2. The average molecular weight is 407 g/mol. The fraction of sp³-hybridized carbons (Fsp3) is 0.389. The predicted octanol–water partition coefficient (Wildman–Crippen LogP) is 1.62. The van der Waals surface area contributed by atoms with Gasteiger partial charge < -0.3 is 24.8 Å². The number of piperazine rings is 1. The van der Waals surface area contributed by atoms with Gasteiger partial charge in [-0.2, -0.15) is 0 Å². The number of aliphatic hydroxyl groups is 1. The first kappa shape index (κ1) is 16.6. The number of ether oxygens (including phenoxy) is 2. The Morgan fingerprint density at radius 1 is 1.40 bits per heavy atom. The molecule has 0 aromatic heterocycles. The van der Waals surface area contributed by atoms with Crippen molar-refractivity contribution in [3.8, 4) is 0 Å². The fourth-order valence-electron chi connectivity index (χ4n) is 3.45. The molecule has 2 atom stereocenters. The lowest BCUT2D eigenvalue weighted by molar-refractivity contribution is -0.123. The minimum Gasteiger partial charge on any atom is -0.488 e. The van der Waals surface area contributed by atoms with E-state index in [-0.39, 0.29) is 23.8 Å². The number of halogens is 1. The van der Waals surface area contributed by atoms with Crippen LogP contribution in [0.4, 0.5) is 0 Å². The van der Waals surface area contributed by atoms with Crippen LogP contribution in [0.1, 0.15) is 12.0 Å². The minimum absolute atomic E-state index is 0.240. The SMILES string of the molecule is O=C1NCC2(CCOC2)N2C=C(Br)C(O)C(OCc3ccccc3)=C12. The maximum absolute atomic E-state index is 12.6. The van der Waals surface area contributed by atoms with Crippen LogP contribution in [0.25, 0.3) is 0 Å². The Morgan fingerprint density at radius 3 is 2.92 bits per heavy atom. The second-order valence-electron chi connectivity index (χ2n) is 6.48. The van der Waals surface area contributed by atoms with Gasteiger partial charge in [-0.3, -0.25) is 4.79 Å². The number of hydrogen-bond donors (Lipinski definition) is 2. The van der Waals surface area contributed by atoms with Crippen LogP contribution in [0, 0.1) is 0 Å². The van der Waals surface area contributed by atoms with E-state index >= 15 is 0 Å². The number of fused-ring (bicyclic) bond motifs is 2. The largest absolute Gasteiger partial charge is 0.488 e. The van der Waals surface area contributed by atoms with Crippen molar-refractivity contribution in [2.75, 3.05) is 19.8 Å². The summed E-state index contributed by atoms with van der Waals surface area (Å²) in [5.74, 6) is 0.0255. The number of benzene rings is 1. The van der Waals surface area contributed by atoms with Crippen molar-refractivity contribution < 1.29 is 19.4 Å². The number of nitrogens with zero attached hydrogens (tertiary/aromatic N) is 1. The van der Waals surface area contributed by atoms with E-state index in [0.717, 1.165) is 12.0 Å². The number of carbonyl (C=O) groups is 1. The fourth-order valence-corrected chi connectivity index (χ4v) is 3.86. The van der Waals surface area contributed by atoms with Crippen molar-refractivity contribution in [3.05, 3.63) is 58.0 Å². The second kappa shape index (κ2) is 6.48. The zero-order valence-electron chi connectivity index (χ0n) is 13.6. The van der Waals surface area contributed by atoms with Crippen LogP contribution in [0.15, 0.2) is 52.5 Å². The molecule has 1 spiro atoms. The van der Waals surface area contributed by atoms with E-state index < -0.39 is 6.10 Å². The highest BCUT2D eigenvalue weighted by Crippen LogP contribution is 2.40. The molecular weight excluding hydrogens is 388 g/mol. The molecular formula is C18H19BrN2O4. The molecule has 0 saturated carbocycles. The first-order valence-corrected chi connectivity index (χ1v) is 9.01. The van der Waals surface area contributed by atoms with Crippen molar-refractivity contribution in [2.45, 2.75) is 24.7 Å². The van der Waals surface area contributed by atoms with E-state index in [1.165, 1.54) is 0 Å². The Hall–Kier alpha value is -1.83. The summed E-state index contributed by atoms with van der Waals surface area (Å²) < 4.78 is 12.1. The van der Waals surface area contributed by atoms with Crippen molar-refractivity contribution in [1.29, 1.82) is 0 Å². The van der Waals surface area contributed by atoms with Gasteiger partial charge >= 0.3 is 0 Å². The first-order chi connectivity index (χ1) is 12.1. The Morgan fingerprint density at radius 2 is 2.20 bits per heavy atom. The van der Waals surface area contributed by atoms with Gasteiger partial charge in [0.2, 0.25) is 0 Å². The standard InChI is InChI=1S/C18H19BrN2O4/c19-13-8-21-14(17(23)20-10-18(21)6-7-24-11-18)16(15(13)22)25-9-12-4-2-1-3-5-12/h1-5,8,15,22H,6-7,9-11H2,(H,20,23). The molecule has 0 bridgehead atoms. The number of nitrogens with one attached hydrogen (secondary N) is 1. The van der Waals surface area contributed by atoms with Gasteiger partial charge in [0.05, 0.1) is 12.1 Å². The molecule has 2 N–H and O–H groups in total. The lowest BCUT2D eigenvalue weighted by atomic mass is 9.91. The average Bonchev–Trinajstić information content (AvgIpc) is 3.10. The van der Waals surface area contributed by atoms with E-state index in [9.17, 15) is 9.90 Å². The quantitative estimate of drug-likeness (QED) is 0.797. The van der Waals surface area contributed by atoms with Gasteiger partial charge in [0, 0.05) is 23.8 Å².